The van der Waals surface area contributed by atoms with Gasteiger partial charge in [-0.15, -0.1) is 0 Å². The summed E-state index contributed by atoms with van der Waals surface area (Å²) < 4.78 is 22.3. The summed E-state index contributed by atoms with van der Waals surface area (Å²) in [4.78, 5) is 0. The zero-order valence-corrected chi connectivity index (χ0v) is 19.3. The van der Waals surface area contributed by atoms with Crippen LogP contribution in [0.3, 0.4) is 0 Å². The van der Waals surface area contributed by atoms with E-state index in [9.17, 15) is 0 Å². The quantitative estimate of drug-likeness (QED) is 0.240. The first-order valence-electron chi connectivity index (χ1n) is 11.9. The van der Waals surface area contributed by atoms with E-state index in [-0.39, 0.29) is 17.6 Å². The Morgan fingerprint density at radius 1 is 0.676 bits per heavy atom. The van der Waals surface area contributed by atoms with Crippen LogP contribution in [0.15, 0.2) is 91.0 Å². The Morgan fingerprint density at radius 3 is 1.71 bits per heavy atom. The number of benzene rings is 4. The summed E-state index contributed by atoms with van der Waals surface area (Å²) in [5, 5.41) is 2.49. The lowest BCUT2D eigenvalue weighted by atomic mass is 9.70. The Kier molecular flexibility index (Phi) is 5.48. The summed E-state index contributed by atoms with van der Waals surface area (Å²) >= 11 is 0. The highest BCUT2D eigenvalue weighted by atomic mass is 16.6. The van der Waals surface area contributed by atoms with E-state index >= 15 is 0 Å². The van der Waals surface area contributed by atoms with Crippen molar-refractivity contribution in [2.45, 2.75) is 24.5 Å². The van der Waals surface area contributed by atoms with Gasteiger partial charge in [0.25, 0.3) is 0 Å². The highest BCUT2D eigenvalue weighted by molar-refractivity contribution is 5.88. The third-order valence-corrected chi connectivity index (χ3v) is 6.87. The standard InChI is InChI=1S/C30H28O4/c1-30(29-8-4-6-21-5-2-3-7-28(21)29,22-9-13-24(14-10-22)31-17-26-19-33-26)23-11-15-25(16-12-23)32-18-27-20-34-27/h2-16,26-27H,17-20H2,1H3. The summed E-state index contributed by atoms with van der Waals surface area (Å²) in [7, 11) is 0. The first kappa shape index (κ1) is 21.2. The molecule has 172 valence electrons. The SMILES string of the molecule is CC(c1ccc(OCC2CO2)cc1)(c1ccc(OCC2CO2)cc1)c1cccc2ccccc12. The highest BCUT2D eigenvalue weighted by Gasteiger charge is 2.33. The molecule has 6 rings (SSSR count). The van der Waals surface area contributed by atoms with E-state index < -0.39 is 0 Å². The lowest BCUT2D eigenvalue weighted by Gasteiger charge is -2.33. The van der Waals surface area contributed by atoms with Crippen LogP contribution < -0.4 is 9.47 Å². The summed E-state index contributed by atoms with van der Waals surface area (Å²) in [5.74, 6) is 1.73. The van der Waals surface area contributed by atoms with Gasteiger partial charge in [-0.2, -0.15) is 0 Å². The molecule has 4 aromatic carbocycles. The Bertz CT molecular complexity index is 1210. The van der Waals surface area contributed by atoms with Crippen molar-refractivity contribution >= 4 is 10.8 Å². The Balaban J connectivity index is 1.40. The normalized spacial score (nSPS) is 20.5. The summed E-state index contributed by atoms with van der Waals surface area (Å²) in [6.07, 6.45) is 0.487. The van der Waals surface area contributed by atoms with Crippen molar-refractivity contribution < 1.29 is 18.9 Å². The molecule has 4 heteroatoms. The van der Waals surface area contributed by atoms with Crippen LogP contribution in [0.4, 0.5) is 0 Å². The third kappa shape index (κ3) is 4.27. The molecule has 2 saturated heterocycles. The minimum Gasteiger partial charge on any atom is -0.491 e. The molecule has 0 amide bonds. The number of hydrogen-bond donors (Lipinski definition) is 0. The van der Waals surface area contributed by atoms with Crippen LogP contribution in [0.5, 0.6) is 11.5 Å². The van der Waals surface area contributed by atoms with Crippen LogP contribution in [0, 0.1) is 0 Å². The van der Waals surface area contributed by atoms with E-state index in [0.29, 0.717) is 13.2 Å². The smallest absolute Gasteiger partial charge is 0.119 e. The van der Waals surface area contributed by atoms with Crippen molar-refractivity contribution in [3.63, 3.8) is 0 Å². The van der Waals surface area contributed by atoms with Crippen LogP contribution >= 0.6 is 0 Å². The zero-order valence-electron chi connectivity index (χ0n) is 19.3. The lowest BCUT2D eigenvalue weighted by Crippen LogP contribution is -2.25. The average Bonchev–Trinajstić information content (AvgIpc) is 3.82. The van der Waals surface area contributed by atoms with Crippen LogP contribution in [0.1, 0.15) is 23.6 Å². The predicted octanol–water partition coefficient (Wildman–Crippen LogP) is 5.75. The Morgan fingerprint density at radius 2 is 1.18 bits per heavy atom. The average molecular weight is 453 g/mol. The number of rotatable bonds is 9. The molecule has 2 aliphatic heterocycles. The van der Waals surface area contributed by atoms with Gasteiger partial charge in [-0.05, 0) is 58.7 Å². The molecular formula is C30H28O4. The van der Waals surface area contributed by atoms with Crippen LogP contribution in [0.25, 0.3) is 10.8 Å². The minimum atomic E-state index is -0.364. The predicted molar refractivity (Wildman–Crippen MR) is 133 cm³/mol. The third-order valence-electron chi connectivity index (χ3n) is 6.87. The fraction of sp³-hybridized carbons (Fsp3) is 0.267. The molecule has 4 aromatic rings. The van der Waals surface area contributed by atoms with Crippen molar-refractivity contribution in [1.82, 2.24) is 0 Å². The number of epoxide rings is 2. The van der Waals surface area contributed by atoms with Crippen molar-refractivity contribution in [3.8, 4) is 11.5 Å². The van der Waals surface area contributed by atoms with Gasteiger partial charge >= 0.3 is 0 Å². The van der Waals surface area contributed by atoms with Gasteiger partial charge in [0.05, 0.1) is 13.2 Å². The monoisotopic (exact) mass is 452 g/mol. The summed E-state index contributed by atoms with van der Waals surface area (Å²) in [6, 6.07) is 32.1. The van der Waals surface area contributed by atoms with Gasteiger partial charge in [-0.25, -0.2) is 0 Å². The molecule has 4 nitrogen and oxygen atoms in total. The molecule has 0 aliphatic carbocycles. The minimum absolute atomic E-state index is 0.243. The maximum atomic E-state index is 5.89. The second-order valence-corrected chi connectivity index (χ2v) is 9.23. The molecule has 0 aromatic heterocycles. The Hall–Kier alpha value is -3.34. The van der Waals surface area contributed by atoms with Gasteiger partial charge in [0.1, 0.15) is 36.9 Å². The molecule has 0 bridgehead atoms. The molecule has 2 fully saturated rings. The molecule has 2 atom stereocenters. The molecule has 0 spiro atoms. The van der Waals surface area contributed by atoms with Crippen molar-refractivity contribution in [2.24, 2.45) is 0 Å². The number of fused-ring (bicyclic) bond motifs is 1. The zero-order chi connectivity index (χ0) is 23.0. The van der Waals surface area contributed by atoms with E-state index in [2.05, 4.69) is 97.9 Å². The molecule has 2 heterocycles. The fourth-order valence-electron chi connectivity index (χ4n) is 4.61. The second kappa shape index (κ2) is 8.79. The topological polar surface area (TPSA) is 43.5 Å². The van der Waals surface area contributed by atoms with Gasteiger partial charge in [-0.1, -0.05) is 66.7 Å². The van der Waals surface area contributed by atoms with Gasteiger partial charge in [0.15, 0.2) is 0 Å². The van der Waals surface area contributed by atoms with Crippen LogP contribution in [-0.4, -0.2) is 38.6 Å². The molecule has 0 radical (unpaired) electrons. The lowest BCUT2D eigenvalue weighted by molar-refractivity contribution is 0.263. The van der Waals surface area contributed by atoms with E-state index in [0.717, 1.165) is 24.7 Å². The molecule has 0 N–H and O–H groups in total. The molecule has 2 aliphatic rings. The van der Waals surface area contributed by atoms with E-state index in [1.165, 1.54) is 27.5 Å². The maximum Gasteiger partial charge on any atom is 0.119 e. The summed E-state index contributed by atoms with van der Waals surface area (Å²) in [6.45, 7) is 5.10. The van der Waals surface area contributed by atoms with Gasteiger partial charge in [0, 0.05) is 5.41 Å². The van der Waals surface area contributed by atoms with Gasteiger partial charge in [0.2, 0.25) is 0 Å². The van der Waals surface area contributed by atoms with Crippen LogP contribution in [-0.2, 0) is 14.9 Å². The fourth-order valence-corrected chi connectivity index (χ4v) is 4.61. The summed E-state index contributed by atoms with van der Waals surface area (Å²) in [5.41, 5.74) is 3.32. The first-order valence-corrected chi connectivity index (χ1v) is 11.9. The molecule has 34 heavy (non-hydrogen) atoms. The molecule has 0 saturated carbocycles. The van der Waals surface area contributed by atoms with Crippen molar-refractivity contribution in [3.05, 3.63) is 108 Å². The molecular weight excluding hydrogens is 424 g/mol. The van der Waals surface area contributed by atoms with Crippen LogP contribution in [0.2, 0.25) is 0 Å². The van der Waals surface area contributed by atoms with Gasteiger partial charge < -0.3 is 18.9 Å². The van der Waals surface area contributed by atoms with E-state index in [1.54, 1.807) is 0 Å². The Labute approximate surface area is 200 Å². The van der Waals surface area contributed by atoms with E-state index in [1.807, 2.05) is 0 Å². The van der Waals surface area contributed by atoms with Crippen molar-refractivity contribution in [1.29, 1.82) is 0 Å². The van der Waals surface area contributed by atoms with E-state index in [4.69, 9.17) is 18.9 Å². The number of hydrogen-bond acceptors (Lipinski definition) is 4. The highest BCUT2D eigenvalue weighted by Crippen LogP contribution is 2.42. The maximum absolute atomic E-state index is 5.89. The van der Waals surface area contributed by atoms with Crippen molar-refractivity contribution in [2.75, 3.05) is 26.4 Å². The molecule has 2 unspecified atom stereocenters. The van der Waals surface area contributed by atoms with Gasteiger partial charge in [-0.3, -0.25) is 0 Å². The second-order valence-electron chi connectivity index (χ2n) is 9.23. The first-order chi connectivity index (χ1) is 16.7. The number of ether oxygens (including phenoxy) is 4. The largest absolute Gasteiger partial charge is 0.491 e.